The standard InChI is InChI=1S/C14H21NO4/c1-9(2)14(4,13(17)18)8-12(16)15-10(3)11-6-5-7-19-11/h5-7,9-10H,8H2,1-4H3,(H,15,16)(H,17,18)/t10-,14?/m0/s1. The first-order valence-electron chi connectivity index (χ1n) is 6.33. The molecule has 0 radical (unpaired) electrons. The molecule has 1 amide bonds. The molecule has 0 aliphatic rings. The van der Waals surface area contributed by atoms with E-state index in [1.165, 1.54) is 6.26 Å². The van der Waals surface area contributed by atoms with Crippen molar-refractivity contribution in [2.24, 2.45) is 11.3 Å². The summed E-state index contributed by atoms with van der Waals surface area (Å²) in [6.45, 7) is 7.00. The summed E-state index contributed by atoms with van der Waals surface area (Å²) >= 11 is 0. The first kappa shape index (κ1) is 15.3. The average Bonchev–Trinajstić information content (AvgIpc) is 2.81. The summed E-state index contributed by atoms with van der Waals surface area (Å²) < 4.78 is 5.19. The van der Waals surface area contributed by atoms with Crippen molar-refractivity contribution in [3.05, 3.63) is 24.2 Å². The molecule has 2 atom stereocenters. The molecule has 1 aromatic rings. The Labute approximate surface area is 113 Å². The molecule has 0 aliphatic heterocycles. The highest BCUT2D eigenvalue weighted by Crippen LogP contribution is 2.31. The van der Waals surface area contributed by atoms with Crippen LogP contribution in [0.4, 0.5) is 0 Å². The zero-order chi connectivity index (χ0) is 14.6. The highest BCUT2D eigenvalue weighted by molar-refractivity contribution is 5.85. The van der Waals surface area contributed by atoms with Crippen LogP contribution in [0.1, 0.15) is 45.9 Å². The van der Waals surface area contributed by atoms with Gasteiger partial charge in [0, 0.05) is 6.42 Å². The zero-order valence-electron chi connectivity index (χ0n) is 11.8. The molecule has 19 heavy (non-hydrogen) atoms. The molecule has 1 aromatic heterocycles. The molecule has 106 valence electrons. The Morgan fingerprint density at radius 2 is 2.05 bits per heavy atom. The minimum absolute atomic E-state index is 0.0505. The van der Waals surface area contributed by atoms with Crippen molar-refractivity contribution in [2.75, 3.05) is 0 Å². The molecule has 0 fully saturated rings. The molecular formula is C14H21NO4. The van der Waals surface area contributed by atoms with E-state index in [-0.39, 0.29) is 24.3 Å². The minimum atomic E-state index is -1.06. The van der Waals surface area contributed by atoms with Crippen LogP contribution in [-0.2, 0) is 9.59 Å². The Bertz CT molecular complexity index is 438. The molecule has 0 aliphatic carbocycles. The van der Waals surface area contributed by atoms with E-state index in [0.29, 0.717) is 5.76 Å². The van der Waals surface area contributed by atoms with Gasteiger partial charge in [0.05, 0.1) is 17.7 Å². The molecule has 1 rings (SSSR count). The van der Waals surface area contributed by atoms with E-state index in [1.807, 2.05) is 0 Å². The van der Waals surface area contributed by atoms with E-state index in [2.05, 4.69) is 5.32 Å². The second-order valence-corrected chi connectivity index (χ2v) is 5.36. The fourth-order valence-corrected chi connectivity index (χ4v) is 1.76. The van der Waals surface area contributed by atoms with Crippen LogP contribution in [0.2, 0.25) is 0 Å². The summed E-state index contributed by atoms with van der Waals surface area (Å²) in [6.07, 6.45) is 1.48. The van der Waals surface area contributed by atoms with E-state index < -0.39 is 11.4 Å². The Hall–Kier alpha value is -1.78. The van der Waals surface area contributed by atoms with E-state index in [1.54, 1.807) is 39.8 Å². The van der Waals surface area contributed by atoms with Gasteiger partial charge in [-0.15, -0.1) is 0 Å². The van der Waals surface area contributed by atoms with Gasteiger partial charge in [0.2, 0.25) is 5.91 Å². The summed E-state index contributed by atoms with van der Waals surface area (Å²) in [5.41, 5.74) is -1.06. The Balaban J connectivity index is 2.66. The van der Waals surface area contributed by atoms with Crippen LogP contribution in [0.15, 0.2) is 22.8 Å². The number of carboxylic acids is 1. The minimum Gasteiger partial charge on any atom is -0.481 e. The van der Waals surface area contributed by atoms with Gasteiger partial charge in [-0.05, 0) is 31.9 Å². The van der Waals surface area contributed by atoms with E-state index in [4.69, 9.17) is 4.42 Å². The number of amides is 1. The van der Waals surface area contributed by atoms with Gasteiger partial charge in [-0.3, -0.25) is 9.59 Å². The summed E-state index contributed by atoms with van der Waals surface area (Å²) in [6, 6.07) is 3.24. The van der Waals surface area contributed by atoms with Crippen LogP contribution in [0.5, 0.6) is 0 Å². The predicted molar refractivity (Wildman–Crippen MR) is 70.5 cm³/mol. The number of carboxylic acid groups (broad SMARTS) is 1. The lowest BCUT2D eigenvalue weighted by atomic mass is 9.76. The number of hydrogen-bond acceptors (Lipinski definition) is 3. The van der Waals surface area contributed by atoms with E-state index in [9.17, 15) is 14.7 Å². The van der Waals surface area contributed by atoms with Crippen molar-refractivity contribution in [3.63, 3.8) is 0 Å². The fourth-order valence-electron chi connectivity index (χ4n) is 1.76. The quantitative estimate of drug-likeness (QED) is 0.830. The van der Waals surface area contributed by atoms with Gasteiger partial charge in [-0.1, -0.05) is 13.8 Å². The van der Waals surface area contributed by atoms with Gasteiger partial charge in [0.1, 0.15) is 5.76 Å². The molecule has 0 spiro atoms. The molecule has 0 saturated heterocycles. The monoisotopic (exact) mass is 267 g/mol. The van der Waals surface area contributed by atoms with Crippen molar-refractivity contribution in [1.29, 1.82) is 0 Å². The number of nitrogens with one attached hydrogen (secondary N) is 1. The first-order valence-corrected chi connectivity index (χ1v) is 6.33. The Kier molecular flexibility index (Phi) is 4.75. The third-order valence-electron chi connectivity index (χ3n) is 3.64. The number of hydrogen-bond donors (Lipinski definition) is 2. The van der Waals surface area contributed by atoms with Crippen molar-refractivity contribution in [3.8, 4) is 0 Å². The molecular weight excluding hydrogens is 246 g/mol. The van der Waals surface area contributed by atoms with Gasteiger partial charge in [0.15, 0.2) is 0 Å². The van der Waals surface area contributed by atoms with Crippen LogP contribution in [0.3, 0.4) is 0 Å². The number of rotatable bonds is 6. The normalized spacial score (nSPS) is 15.8. The molecule has 5 nitrogen and oxygen atoms in total. The third kappa shape index (κ3) is 3.59. The summed E-state index contributed by atoms with van der Waals surface area (Å²) in [5.74, 6) is -0.726. The molecule has 0 bridgehead atoms. The summed E-state index contributed by atoms with van der Waals surface area (Å²) in [4.78, 5) is 23.3. The molecule has 0 aromatic carbocycles. The zero-order valence-corrected chi connectivity index (χ0v) is 11.8. The van der Waals surface area contributed by atoms with Crippen molar-refractivity contribution < 1.29 is 19.1 Å². The molecule has 2 N–H and O–H groups in total. The number of aliphatic carboxylic acids is 1. The lowest BCUT2D eigenvalue weighted by Gasteiger charge is -2.28. The van der Waals surface area contributed by atoms with Crippen LogP contribution in [0.25, 0.3) is 0 Å². The highest BCUT2D eigenvalue weighted by Gasteiger charge is 2.39. The smallest absolute Gasteiger partial charge is 0.310 e. The maximum atomic E-state index is 12.0. The van der Waals surface area contributed by atoms with E-state index >= 15 is 0 Å². The summed E-state index contributed by atoms with van der Waals surface area (Å²) in [7, 11) is 0. The first-order chi connectivity index (χ1) is 8.77. The molecule has 0 saturated carbocycles. The highest BCUT2D eigenvalue weighted by atomic mass is 16.4. The van der Waals surface area contributed by atoms with Gasteiger partial charge in [0.25, 0.3) is 0 Å². The lowest BCUT2D eigenvalue weighted by molar-refractivity contribution is -0.153. The molecule has 1 heterocycles. The van der Waals surface area contributed by atoms with Crippen LogP contribution in [-0.4, -0.2) is 17.0 Å². The Morgan fingerprint density at radius 3 is 2.47 bits per heavy atom. The maximum absolute atomic E-state index is 12.0. The van der Waals surface area contributed by atoms with Gasteiger partial charge < -0.3 is 14.8 Å². The lowest BCUT2D eigenvalue weighted by Crippen LogP contribution is -2.39. The average molecular weight is 267 g/mol. The van der Waals surface area contributed by atoms with Crippen molar-refractivity contribution >= 4 is 11.9 Å². The van der Waals surface area contributed by atoms with Gasteiger partial charge in [-0.2, -0.15) is 0 Å². The second-order valence-electron chi connectivity index (χ2n) is 5.36. The largest absolute Gasteiger partial charge is 0.481 e. The molecule has 5 heteroatoms. The fraction of sp³-hybridized carbons (Fsp3) is 0.571. The molecule has 1 unspecified atom stereocenters. The van der Waals surface area contributed by atoms with Crippen molar-refractivity contribution in [2.45, 2.75) is 40.2 Å². The van der Waals surface area contributed by atoms with E-state index in [0.717, 1.165) is 0 Å². The van der Waals surface area contributed by atoms with Crippen LogP contribution in [0, 0.1) is 11.3 Å². The number of furan rings is 1. The van der Waals surface area contributed by atoms with Crippen LogP contribution < -0.4 is 5.32 Å². The summed E-state index contributed by atoms with van der Waals surface area (Å²) in [5, 5.41) is 12.0. The number of carbonyl (C=O) groups excluding carboxylic acids is 1. The van der Waals surface area contributed by atoms with Gasteiger partial charge >= 0.3 is 5.97 Å². The van der Waals surface area contributed by atoms with Gasteiger partial charge in [-0.25, -0.2) is 0 Å². The number of carbonyl (C=O) groups is 2. The van der Waals surface area contributed by atoms with Crippen LogP contribution >= 0.6 is 0 Å². The maximum Gasteiger partial charge on any atom is 0.310 e. The Morgan fingerprint density at radius 1 is 1.42 bits per heavy atom. The third-order valence-corrected chi connectivity index (χ3v) is 3.64. The second kappa shape index (κ2) is 5.91. The topological polar surface area (TPSA) is 79.5 Å². The SMILES string of the molecule is CC(C)C(C)(CC(=O)N[C@@H](C)c1ccco1)C(=O)O. The van der Waals surface area contributed by atoms with Crippen molar-refractivity contribution in [1.82, 2.24) is 5.32 Å². The predicted octanol–water partition coefficient (Wildman–Crippen LogP) is 2.59.